The highest BCUT2D eigenvalue weighted by molar-refractivity contribution is 5.58. The summed E-state index contributed by atoms with van der Waals surface area (Å²) in [5, 5.41) is 3.52. The third-order valence-corrected chi connectivity index (χ3v) is 5.84. The summed E-state index contributed by atoms with van der Waals surface area (Å²) in [6.07, 6.45) is 6.19. The van der Waals surface area contributed by atoms with Gasteiger partial charge in [0.2, 0.25) is 0 Å². The summed E-state index contributed by atoms with van der Waals surface area (Å²) in [6, 6.07) is 4.05. The number of alkyl halides is 3. The Morgan fingerprint density at radius 3 is 2.78 bits per heavy atom. The summed E-state index contributed by atoms with van der Waals surface area (Å²) >= 11 is 0. The Labute approximate surface area is 156 Å². The molecule has 1 aromatic rings. The number of fused-ring (bicyclic) bond motifs is 3. The van der Waals surface area contributed by atoms with Crippen LogP contribution < -0.4 is 16.6 Å². The number of nitrogens with two attached hydrogens (primary N) is 1. The normalized spacial score (nSPS) is 32.5. The molecule has 0 aromatic heterocycles. The number of anilines is 1. The lowest BCUT2D eigenvalue weighted by Gasteiger charge is -2.47. The Bertz CT molecular complexity index is 746. The minimum atomic E-state index is -4.37. The van der Waals surface area contributed by atoms with Crippen LogP contribution in [0.1, 0.15) is 36.5 Å². The van der Waals surface area contributed by atoms with Crippen LogP contribution in [0, 0.1) is 11.8 Å². The molecule has 1 fully saturated rings. The van der Waals surface area contributed by atoms with Crippen molar-refractivity contribution in [2.75, 3.05) is 11.9 Å². The quantitative estimate of drug-likeness (QED) is 0.550. The Morgan fingerprint density at radius 1 is 1.22 bits per heavy atom. The molecular weight excluding hydrogens is 355 g/mol. The molecule has 4 nitrogen and oxygen atoms in total. The fourth-order valence-electron chi connectivity index (χ4n) is 4.54. The van der Waals surface area contributed by atoms with Gasteiger partial charge in [-0.15, -0.1) is 0 Å². The maximum atomic E-state index is 13.2. The van der Waals surface area contributed by atoms with E-state index in [4.69, 9.17) is 10.6 Å². The van der Waals surface area contributed by atoms with Gasteiger partial charge < -0.3 is 10.1 Å². The first kappa shape index (κ1) is 18.5. The van der Waals surface area contributed by atoms with Gasteiger partial charge in [-0.3, -0.25) is 11.3 Å². The van der Waals surface area contributed by atoms with Gasteiger partial charge in [0, 0.05) is 35.7 Å². The van der Waals surface area contributed by atoms with Crippen molar-refractivity contribution in [2.45, 2.75) is 43.7 Å². The number of rotatable bonds is 3. The number of hydrogen-bond acceptors (Lipinski definition) is 4. The van der Waals surface area contributed by atoms with Gasteiger partial charge in [0.1, 0.15) is 0 Å². The molecule has 1 saturated heterocycles. The van der Waals surface area contributed by atoms with Crippen LogP contribution in [0.4, 0.5) is 18.9 Å². The zero-order valence-corrected chi connectivity index (χ0v) is 14.9. The van der Waals surface area contributed by atoms with Crippen LogP contribution in [0.5, 0.6) is 0 Å². The number of halogens is 3. The molecule has 0 radical (unpaired) electrons. The topological polar surface area (TPSA) is 59.3 Å². The zero-order valence-electron chi connectivity index (χ0n) is 14.9. The van der Waals surface area contributed by atoms with Gasteiger partial charge in [0.05, 0.1) is 17.8 Å². The van der Waals surface area contributed by atoms with Gasteiger partial charge in [-0.05, 0) is 37.5 Å². The van der Waals surface area contributed by atoms with Crippen molar-refractivity contribution >= 4 is 5.69 Å². The predicted molar refractivity (Wildman–Crippen MR) is 97.8 cm³/mol. The summed E-state index contributed by atoms with van der Waals surface area (Å²) in [5.41, 5.74) is 3.33. The average molecular weight is 379 g/mol. The van der Waals surface area contributed by atoms with Crippen LogP contribution in [0.3, 0.4) is 0 Å². The second-order valence-corrected chi connectivity index (χ2v) is 7.51. The lowest BCUT2D eigenvalue weighted by molar-refractivity contribution is -0.138. The van der Waals surface area contributed by atoms with Crippen LogP contribution in [-0.2, 0) is 10.9 Å². The molecule has 4 N–H and O–H groups in total. The molecule has 0 amide bonds. The molecule has 146 valence electrons. The van der Waals surface area contributed by atoms with Gasteiger partial charge >= 0.3 is 6.18 Å². The molecule has 1 unspecified atom stereocenters. The molecule has 27 heavy (non-hydrogen) atoms. The number of hydrogen-bond donors (Lipinski definition) is 3. The van der Waals surface area contributed by atoms with Crippen LogP contribution in [0.15, 0.2) is 42.5 Å². The van der Waals surface area contributed by atoms with Gasteiger partial charge in [0.15, 0.2) is 0 Å². The summed E-state index contributed by atoms with van der Waals surface area (Å²) in [6.45, 7) is 0.488. The molecule has 7 heteroatoms. The average Bonchev–Trinajstić information content (AvgIpc) is 2.67. The monoisotopic (exact) mass is 379 g/mol. The summed E-state index contributed by atoms with van der Waals surface area (Å²) in [4.78, 5) is 0. The largest absolute Gasteiger partial charge is 0.416 e. The standard InChI is InChI=1S/C20H24F3N3O/c21-20(22,23)13-6-9-17-16(10-13)19-15(8-7-14(27-19)11-25-24)18(26-17)12-4-2-1-3-5-12/h1-4,6,9-10,12,14-15,18-19,25-26H,5,7-8,11,24H2/t12?,14-,15+,18+,19+/m1/s1. The van der Waals surface area contributed by atoms with E-state index in [0.29, 0.717) is 18.0 Å². The maximum absolute atomic E-state index is 13.2. The predicted octanol–water partition coefficient (Wildman–Crippen LogP) is 3.93. The Morgan fingerprint density at radius 2 is 2.07 bits per heavy atom. The number of nitrogens with one attached hydrogen (secondary N) is 2. The van der Waals surface area contributed by atoms with Gasteiger partial charge in [-0.25, -0.2) is 0 Å². The third kappa shape index (κ3) is 3.63. The van der Waals surface area contributed by atoms with E-state index in [1.54, 1.807) is 0 Å². The van der Waals surface area contributed by atoms with Gasteiger partial charge in [-0.1, -0.05) is 24.3 Å². The van der Waals surface area contributed by atoms with E-state index in [2.05, 4.69) is 22.9 Å². The van der Waals surface area contributed by atoms with Crippen molar-refractivity contribution in [1.82, 2.24) is 5.43 Å². The van der Waals surface area contributed by atoms with E-state index in [1.807, 2.05) is 12.2 Å². The molecule has 5 atom stereocenters. The van der Waals surface area contributed by atoms with Crippen molar-refractivity contribution in [3.05, 3.63) is 53.6 Å². The fourth-order valence-corrected chi connectivity index (χ4v) is 4.54. The first-order chi connectivity index (χ1) is 13.0. The Balaban J connectivity index is 1.70. The molecule has 1 aliphatic carbocycles. The maximum Gasteiger partial charge on any atom is 0.416 e. The second kappa shape index (κ2) is 7.30. The first-order valence-corrected chi connectivity index (χ1v) is 9.37. The van der Waals surface area contributed by atoms with Crippen LogP contribution >= 0.6 is 0 Å². The van der Waals surface area contributed by atoms with E-state index in [-0.39, 0.29) is 24.2 Å². The van der Waals surface area contributed by atoms with E-state index < -0.39 is 11.7 Å². The number of ether oxygens (including phenoxy) is 1. The van der Waals surface area contributed by atoms with Crippen LogP contribution in [0.25, 0.3) is 0 Å². The van der Waals surface area contributed by atoms with E-state index >= 15 is 0 Å². The van der Waals surface area contributed by atoms with Crippen LogP contribution in [0.2, 0.25) is 0 Å². The molecule has 0 bridgehead atoms. The molecule has 1 aromatic carbocycles. The van der Waals surface area contributed by atoms with E-state index in [9.17, 15) is 13.2 Å². The van der Waals surface area contributed by atoms with Crippen molar-refractivity contribution in [3.63, 3.8) is 0 Å². The van der Waals surface area contributed by atoms with E-state index in [0.717, 1.165) is 31.0 Å². The molecular formula is C20H24F3N3O. The lowest BCUT2D eigenvalue weighted by atomic mass is 9.73. The van der Waals surface area contributed by atoms with Crippen LogP contribution in [-0.4, -0.2) is 18.7 Å². The highest BCUT2D eigenvalue weighted by Gasteiger charge is 2.44. The number of hydrazine groups is 1. The Hall–Kier alpha value is -1.83. The first-order valence-electron chi connectivity index (χ1n) is 9.37. The molecule has 0 spiro atoms. The number of benzene rings is 1. The minimum Gasteiger partial charge on any atom is -0.381 e. The smallest absolute Gasteiger partial charge is 0.381 e. The molecule has 3 aliphatic rings. The van der Waals surface area contributed by atoms with Crippen molar-refractivity contribution in [2.24, 2.45) is 17.7 Å². The highest BCUT2D eigenvalue weighted by Crippen LogP contribution is 2.49. The number of allylic oxidation sites excluding steroid dienone is 3. The Kier molecular flexibility index (Phi) is 5.01. The molecule has 2 heterocycles. The van der Waals surface area contributed by atoms with Crippen molar-refractivity contribution in [3.8, 4) is 0 Å². The van der Waals surface area contributed by atoms with Crippen molar-refractivity contribution < 1.29 is 17.9 Å². The SMILES string of the molecule is NNC[C@H]1CC[C@@H]2[C@H](O1)c1cc(C(F)(F)F)ccc1N[C@H]2C1C=CC=CC1. The van der Waals surface area contributed by atoms with Crippen molar-refractivity contribution in [1.29, 1.82) is 0 Å². The van der Waals surface area contributed by atoms with E-state index in [1.165, 1.54) is 12.1 Å². The highest BCUT2D eigenvalue weighted by atomic mass is 19.4. The molecule has 2 aliphatic heterocycles. The third-order valence-electron chi connectivity index (χ3n) is 5.84. The van der Waals surface area contributed by atoms with Gasteiger partial charge in [0.25, 0.3) is 0 Å². The second-order valence-electron chi connectivity index (χ2n) is 7.51. The molecule has 4 rings (SSSR count). The lowest BCUT2D eigenvalue weighted by Crippen LogP contribution is -2.48. The minimum absolute atomic E-state index is 0.0980. The summed E-state index contributed by atoms with van der Waals surface area (Å²) in [7, 11) is 0. The fraction of sp³-hybridized carbons (Fsp3) is 0.500. The summed E-state index contributed by atoms with van der Waals surface area (Å²) in [5.74, 6) is 5.86. The van der Waals surface area contributed by atoms with Gasteiger partial charge in [-0.2, -0.15) is 13.2 Å². The molecule has 0 saturated carbocycles. The zero-order chi connectivity index (χ0) is 19.0. The summed E-state index contributed by atoms with van der Waals surface area (Å²) < 4.78 is 46.0.